The Morgan fingerprint density at radius 3 is 2.63 bits per heavy atom. The molecule has 0 radical (unpaired) electrons. The summed E-state index contributed by atoms with van der Waals surface area (Å²) >= 11 is 0. The largest absolute Gasteiger partial charge is 0.336 e. The van der Waals surface area contributed by atoms with E-state index >= 15 is 0 Å². The fraction of sp³-hybridized carbons (Fsp3) is 0.304. The number of para-hydroxylation sites is 1. The van der Waals surface area contributed by atoms with Crippen LogP contribution in [0.25, 0.3) is 5.69 Å². The maximum absolute atomic E-state index is 13.1. The number of carbonyl (C=O) groups excluding carboxylic acids is 2. The molecule has 0 aliphatic carbocycles. The highest BCUT2D eigenvalue weighted by Crippen LogP contribution is 2.21. The third-order valence-corrected chi connectivity index (χ3v) is 5.35. The van der Waals surface area contributed by atoms with Crippen LogP contribution in [0.5, 0.6) is 0 Å². The number of pyridine rings is 1. The van der Waals surface area contributed by atoms with Crippen LogP contribution in [0, 0.1) is 19.8 Å². The molecule has 1 N–H and O–H groups in total. The predicted octanol–water partition coefficient (Wildman–Crippen LogP) is 3.38. The third kappa shape index (κ3) is 4.25. The van der Waals surface area contributed by atoms with Crippen molar-refractivity contribution >= 4 is 17.6 Å². The Kier molecular flexibility index (Phi) is 5.61. The number of hydrogen-bond acceptors (Lipinski definition) is 4. The number of nitrogens with zero attached hydrogens (tertiary/aromatic N) is 4. The molecule has 1 aliphatic heterocycles. The summed E-state index contributed by atoms with van der Waals surface area (Å²) in [5.74, 6) is 0.0305. The third-order valence-electron chi connectivity index (χ3n) is 5.35. The molecule has 30 heavy (non-hydrogen) atoms. The Balaban J connectivity index is 1.45. The zero-order chi connectivity index (χ0) is 21.1. The normalized spacial score (nSPS) is 16.3. The predicted molar refractivity (Wildman–Crippen MR) is 115 cm³/mol. The van der Waals surface area contributed by atoms with Crippen LogP contribution < -0.4 is 5.32 Å². The number of carbonyl (C=O) groups is 2. The van der Waals surface area contributed by atoms with Crippen molar-refractivity contribution in [1.29, 1.82) is 0 Å². The molecule has 0 spiro atoms. The van der Waals surface area contributed by atoms with E-state index in [9.17, 15) is 9.59 Å². The fourth-order valence-corrected chi connectivity index (χ4v) is 3.72. The van der Waals surface area contributed by atoms with E-state index in [4.69, 9.17) is 0 Å². The molecule has 3 aromatic rings. The van der Waals surface area contributed by atoms with Crippen molar-refractivity contribution in [1.82, 2.24) is 19.7 Å². The van der Waals surface area contributed by atoms with Crippen molar-refractivity contribution in [2.75, 3.05) is 18.4 Å². The molecule has 154 valence electrons. The maximum Gasteiger partial charge on any atom is 0.274 e. The first-order chi connectivity index (χ1) is 14.5. The van der Waals surface area contributed by atoms with Gasteiger partial charge in [-0.15, -0.1) is 0 Å². The van der Waals surface area contributed by atoms with E-state index in [1.165, 1.54) is 0 Å². The van der Waals surface area contributed by atoms with E-state index in [0.29, 0.717) is 24.6 Å². The number of rotatable bonds is 4. The molecule has 1 fully saturated rings. The molecular weight excluding hydrogens is 378 g/mol. The van der Waals surface area contributed by atoms with Gasteiger partial charge in [0.05, 0.1) is 11.6 Å². The van der Waals surface area contributed by atoms with Gasteiger partial charge in [0.2, 0.25) is 5.91 Å². The summed E-state index contributed by atoms with van der Waals surface area (Å²) in [6, 6.07) is 15.2. The van der Waals surface area contributed by atoms with E-state index < -0.39 is 0 Å². The minimum atomic E-state index is -0.261. The van der Waals surface area contributed by atoms with Gasteiger partial charge in [-0.05, 0) is 56.5 Å². The van der Waals surface area contributed by atoms with E-state index in [1.807, 2.05) is 50.2 Å². The van der Waals surface area contributed by atoms with E-state index in [0.717, 1.165) is 29.8 Å². The second-order valence-corrected chi connectivity index (χ2v) is 7.72. The highest BCUT2D eigenvalue weighted by atomic mass is 16.2. The monoisotopic (exact) mass is 403 g/mol. The molecule has 0 bridgehead atoms. The van der Waals surface area contributed by atoms with Gasteiger partial charge in [-0.1, -0.05) is 24.3 Å². The fourth-order valence-electron chi connectivity index (χ4n) is 3.72. The number of benzene rings is 1. The first kappa shape index (κ1) is 19.8. The lowest BCUT2D eigenvalue weighted by molar-refractivity contribution is -0.121. The lowest BCUT2D eigenvalue weighted by Crippen LogP contribution is -2.44. The van der Waals surface area contributed by atoms with Crippen LogP contribution in [0.2, 0.25) is 0 Å². The smallest absolute Gasteiger partial charge is 0.274 e. The van der Waals surface area contributed by atoms with Crippen molar-refractivity contribution in [2.24, 2.45) is 5.92 Å². The van der Waals surface area contributed by atoms with Crippen LogP contribution in [0.1, 0.15) is 34.6 Å². The van der Waals surface area contributed by atoms with Gasteiger partial charge in [-0.3, -0.25) is 9.59 Å². The van der Waals surface area contributed by atoms with Gasteiger partial charge in [-0.25, -0.2) is 9.67 Å². The summed E-state index contributed by atoms with van der Waals surface area (Å²) in [6.07, 6.45) is 3.25. The van der Waals surface area contributed by atoms with Gasteiger partial charge in [0.15, 0.2) is 5.69 Å². The summed E-state index contributed by atoms with van der Waals surface area (Å²) in [5.41, 5.74) is 3.24. The number of aryl methyl sites for hydroxylation is 2. The molecule has 1 aromatic carbocycles. The molecule has 1 saturated heterocycles. The Labute approximate surface area is 175 Å². The van der Waals surface area contributed by atoms with E-state index in [2.05, 4.69) is 15.4 Å². The van der Waals surface area contributed by atoms with Crippen molar-refractivity contribution in [3.63, 3.8) is 0 Å². The van der Waals surface area contributed by atoms with Crippen molar-refractivity contribution in [3.8, 4) is 5.69 Å². The van der Waals surface area contributed by atoms with Crippen LogP contribution >= 0.6 is 0 Å². The molecule has 0 saturated carbocycles. The number of nitrogens with one attached hydrogen (secondary N) is 1. The number of amides is 2. The van der Waals surface area contributed by atoms with Crippen LogP contribution in [-0.4, -0.2) is 44.6 Å². The first-order valence-corrected chi connectivity index (χ1v) is 10.2. The van der Waals surface area contributed by atoms with Gasteiger partial charge in [0.1, 0.15) is 5.82 Å². The summed E-state index contributed by atoms with van der Waals surface area (Å²) in [5, 5.41) is 7.38. The Morgan fingerprint density at radius 1 is 1.10 bits per heavy atom. The van der Waals surface area contributed by atoms with Crippen molar-refractivity contribution < 1.29 is 9.59 Å². The molecule has 1 aliphatic rings. The highest BCUT2D eigenvalue weighted by Gasteiger charge is 2.30. The second-order valence-electron chi connectivity index (χ2n) is 7.72. The quantitative estimate of drug-likeness (QED) is 0.724. The molecule has 4 rings (SSSR count). The van der Waals surface area contributed by atoms with Gasteiger partial charge in [0.25, 0.3) is 5.91 Å². The summed E-state index contributed by atoms with van der Waals surface area (Å²) in [6.45, 7) is 4.89. The number of anilines is 1. The zero-order valence-electron chi connectivity index (χ0n) is 17.2. The average Bonchev–Trinajstić information content (AvgIpc) is 3.17. The maximum atomic E-state index is 13.1. The standard InChI is InChI=1S/C23H25N5O2/c1-16-10-11-21(24-14-16)25-22(29)18-7-6-12-27(15-18)23(30)20-13-17(2)28(26-20)19-8-4-3-5-9-19/h3-5,8-11,13-14,18H,6-7,12,15H2,1-2H3,(H,24,25,29). The minimum absolute atomic E-state index is 0.102. The molecule has 7 nitrogen and oxygen atoms in total. The van der Waals surface area contributed by atoms with Crippen molar-refractivity contribution in [2.45, 2.75) is 26.7 Å². The number of likely N-dealkylation sites (tertiary alicyclic amines) is 1. The Bertz CT molecular complexity index is 1040. The van der Waals surface area contributed by atoms with Crippen LogP contribution in [0.4, 0.5) is 5.82 Å². The number of hydrogen-bond donors (Lipinski definition) is 1. The molecule has 7 heteroatoms. The zero-order valence-corrected chi connectivity index (χ0v) is 17.2. The molecule has 1 atom stereocenters. The Hall–Kier alpha value is -3.48. The van der Waals surface area contributed by atoms with E-state index in [1.54, 1.807) is 27.9 Å². The first-order valence-electron chi connectivity index (χ1n) is 10.2. The lowest BCUT2D eigenvalue weighted by atomic mass is 9.97. The van der Waals surface area contributed by atoms with Crippen LogP contribution in [0.3, 0.4) is 0 Å². The van der Waals surface area contributed by atoms with Gasteiger partial charge < -0.3 is 10.2 Å². The van der Waals surface area contributed by atoms with Gasteiger partial charge in [0, 0.05) is 25.0 Å². The highest BCUT2D eigenvalue weighted by molar-refractivity contribution is 5.95. The summed E-state index contributed by atoms with van der Waals surface area (Å²) < 4.78 is 1.77. The lowest BCUT2D eigenvalue weighted by Gasteiger charge is -2.31. The SMILES string of the molecule is Cc1ccc(NC(=O)C2CCCN(C(=O)c3cc(C)n(-c4ccccc4)n3)C2)nc1. The number of piperidine rings is 1. The van der Waals surface area contributed by atoms with Crippen molar-refractivity contribution in [3.05, 3.63) is 71.7 Å². The molecular formula is C23H25N5O2. The Morgan fingerprint density at radius 2 is 1.90 bits per heavy atom. The summed E-state index contributed by atoms with van der Waals surface area (Å²) in [7, 11) is 0. The second kappa shape index (κ2) is 8.49. The minimum Gasteiger partial charge on any atom is -0.336 e. The summed E-state index contributed by atoms with van der Waals surface area (Å²) in [4.78, 5) is 31.7. The van der Waals surface area contributed by atoms with Crippen LogP contribution in [-0.2, 0) is 4.79 Å². The average molecular weight is 403 g/mol. The topological polar surface area (TPSA) is 80.1 Å². The van der Waals surface area contributed by atoms with Gasteiger partial charge in [-0.2, -0.15) is 5.10 Å². The van der Waals surface area contributed by atoms with Gasteiger partial charge >= 0.3 is 0 Å². The van der Waals surface area contributed by atoms with Crippen LogP contribution in [0.15, 0.2) is 54.7 Å². The van der Waals surface area contributed by atoms with E-state index in [-0.39, 0.29) is 17.7 Å². The molecule has 2 aromatic heterocycles. The number of aromatic nitrogens is 3. The molecule has 1 unspecified atom stereocenters. The molecule has 2 amide bonds. The molecule has 3 heterocycles.